The minimum Gasteiger partial charge on any atom is -0.489 e. The lowest BCUT2D eigenvalue weighted by Gasteiger charge is -2.14. The highest BCUT2D eigenvalue weighted by Crippen LogP contribution is 2.28. The van der Waals surface area contributed by atoms with E-state index in [0.717, 1.165) is 5.56 Å². The van der Waals surface area contributed by atoms with E-state index in [1.54, 1.807) is 42.6 Å². The van der Waals surface area contributed by atoms with Gasteiger partial charge in [0.05, 0.1) is 23.2 Å². The maximum absolute atomic E-state index is 13.3. The minimum absolute atomic E-state index is 0.111. The SMILES string of the molecule is CC(C)Oc1ccc(-c2cccnc2)nc1C(=O)Nc1cn(C)nc1-c1ccccn1. The molecule has 0 atom stereocenters. The molecule has 0 radical (unpaired) electrons. The fraction of sp³-hybridized carbons (Fsp3) is 0.174. The molecule has 4 rings (SSSR count). The van der Waals surface area contributed by atoms with Crippen LogP contribution in [-0.4, -0.2) is 36.7 Å². The Morgan fingerprint density at radius 3 is 2.65 bits per heavy atom. The summed E-state index contributed by atoms with van der Waals surface area (Å²) in [7, 11) is 1.79. The van der Waals surface area contributed by atoms with E-state index in [2.05, 4.69) is 25.4 Å². The van der Waals surface area contributed by atoms with Gasteiger partial charge >= 0.3 is 0 Å². The van der Waals surface area contributed by atoms with Crippen molar-refractivity contribution >= 4 is 11.6 Å². The van der Waals surface area contributed by atoms with E-state index in [0.29, 0.717) is 28.5 Å². The zero-order valence-electron chi connectivity index (χ0n) is 17.5. The highest BCUT2D eigenvalue weighted by molar-refractivity contribution is 6.06. The van der Waals surface area contributed by atoms with Crippen LogP contribution in [0.1, 0.15) is 24.3 Å². The summed E-state index contributed by atoms with van der Waals surface area (Å²) in [4.78, 5) is 26.3. The average molecular weight is 414 g/mol. The maximum Gasteiger partial charge on any atom is 0.278 e. The third-order valence-electron chi connectivity index (χ3n) is 4.38. The average Bonchev–Trinajstić information content (AvgIpc) is 3.14. The van der Waals surface area contributed by atoms with Crippen LogP contribution in [0.4, 0.5) is 5.69 Å². The van der Waals surface area contributed by atoms with Crippen molar-refractivity contribution in [3.63, 3.8) is 0 Å². The number of aromatic nitrogens is 5. The van der Waals surface area contributed by atoms with E-state index >= 15 is 0 Å². The predicted molar refractivity (Wildman–Crippen MR) is 118 cm³/mol. The monoisotopic (exact) mass is 414 g/mol. The largest absolute Gasteiger partial charge is 0.489 e. The van der Waals surface area contributed by atoms with Crippen molar-refractivity contribution in [3.8, 4) is 28.4 Å². The van der Waals surface area contributed by atoms with Crippen LogP contribution in [0.25, 0.3) is 22.6 Å². The summed E-state index contributed by atoms with van der Waals surface area (Å²) in [6.45, 7) is 3.80. The number of anilines is 1. The second kappa shape index (κ2) is 8.74. The molecule has 8 nitrogen and oxygen atoms in total. The Balaban J connectivity index is 1.71. The molecule has 0 spiro atoms. The van der Waals surface area contributed by atoms with Crippen molar-refractivity contribution in [2.24, 2.45) is 7.05 Å². The fourth-order valence-electron chi connectivity index (χ4n) is 3.09. The number of hydrogen-bond acceptors (Lipinski definition) is 6. The molecule has 0 aromatic carbocycles. The van der Waals surface area contributed by atoms with E-state index < -0.39 is 5.91 Å². The topological polar surface area (TPSA) is 94.8 Å². The molecule has 4 heterocycles. The highest BCUT2D eigenvalue weighted by Gasteiger charge is 2.20. The molecule has 0 bridgehead atoms. The van der Waals surface area contributed by atoms with Crippen LogP contribution in [0, 0.1) is 0 Å². The summed E-state index contributed by atoms with van der Waals surface area (Å²) in [5, 5.41) is 7.36. The van der Waals surface area contributed by atoms with Crippen LogP contribution in [-0.2, 0) is 7.05 Å². The van der Waals surface area contributed by atoms with Crippen molar-refractivity contribution in [1.82, 2.24) is 24.7 Å². The normalized spacial score (nSPS) is 10.8. The molecular weight excluding hydrogens is 392 g/mol. The van der Waals surface area contributed by atoms with Crippen molar-refractivity contribution in [3.05, 3.63) is 72.9 Å². The number of ether oxygens (including phenoxy) is 1. The number of pyridine rings is 3. The third-order valence-corrected chi connectivity index (χ3v) is 4.38. The molecule has 0 aliphatic carbocycles. The number of nitrogens with zero attached hydrogens (tertiary/aromatic N) is 5. The second-order valence-electron chi connectivity index (χ2n) is 7.19. The summed E-state index contributed by atoms with van der Waals surface area (Å²) >= 11 is 0. The Labute approximate surface area is 180 Å². The molecule has 156 valence electrons. The summed E-state index contributed by atoms with van der Waals surface area (Å²) in [6, 6.07) is 12.8. The van der Waals surface area contributed by atoms with Crippen molar-refractivity contribution in [2.45, 2.75) is 20.0 Å². The number of carbonyl (C=O) groups excluding carboxylic acids is 1. The molecule has 4 aromatic rings. The van der Waals surface area contributed by atoms with Gasteiger partial charge in [0.25, 0.3) is 5.91 Å². The lowest BCUT2D eigenvalue weighted by molar-refractivity contribution is 0.101. The molecule has 1 N–H and O–H groups in total. The molecule has 4 aromatic heterocycles. The molecular formula is C23H22N6O2. The van der Waals surface area contributed by atoms with E-state index in [1.165, 1.54) is 0 Å². The van der Waals surface area contributed by atoms with Gasteiger partial charge in [0.2, 0.25) is 0 Å². The van der Waals surface area contributed by atoms with Gasteiger partial charge in [-0.05, 0) is 50.2 Å². The van der Waals surface area contributed by atoms with E-state index in [9.17, 15) is 4.79 Å². The van der Waals surface area contributed by atoms with Crippen LogP contribution < -0.4 is 10.1 Å². The lowest BCUT2D eigenvalue weighted by Crippen LogP contribution is -2.18. The van der Waals surface area contributed by atoms with Crippen LogP contribution >= 0.6 is 0 Å². The molecule has 31 heavy (non-hydrogen) atoms. The van der Waals surface area contributed by atoms with Gasteiger partial charge in [-0.1, -0.05) is 6.07 Å². The van der Waals surface area contributed by atoms with Crippen molar-refractivity contribution < 1.29 is 9.53 Å². The number of nitrogens with one attached hydrogen (secondary N) is 1. The van der Waals surface area contributed by atoms with Crippen LogP contribution in [0.2, 0.25) is 0 Å². The molecule has 0 unspecified atom stereocenters. The van der Waals surface area contributed by atoms with Gasteiger partial charge in [-0.25, -0.2) is 4.98 Å². The van der Waals surface area contributed by atoms with Crippen molar-refractivity contribution in [1.29, 1.82) is 0 Å². The highest BCUT2D eigenvalue weighted by atomic mass is 16.5. The van der Waals surface area contributed by atoms with E-state index in [1.807, 2.05) is 50.2 Å². The number of carbonyl (C=O) groups is 1. The first-order valence-corrected chi connectivity index (χ1v) is 9.86. The summed E-state index contributed by atoms with van der Waals surface area (Å²) in [6.07, 6.45) is 6.70. The first-order chi connectivity index (χ1) is 15.0. The quantitative estimate of drug-likeness (QED) is 0.513. The van der Waals surface area contributed by atoms with Gasteiger partial charge in [0, 0.05) is 37.4 Å². The van der Waals surface area contributed by atoms with E-state index in [4.69, 9.17) is 4.74 Å². The van der Waals surface area contributed by atoms with Gasteiger partial charge in [0.1, 0.15) is 5.69 Å². The standard InChI is InChI=1S/C23H22N6O2/c1-15(2)31-20-10-9-17(16-7-6-11-24-13-16)26-22(20)23(30)27-19-14-29(3)28-21(19)18-8-4-5-12-25-18/h4-15H,1-3H3,(H,27,30). The molecule has 0 aliphatic rings. The van der Waals surface area contributed by atoms with Gasteiger partial charge in [0.15, 0.2) is 11.4 Å². The predicted octanol–water partition coefficient (Wildman–Crippen LogP) is 3.98. The van der Waals surface area contributed by atoms with Gasteiger partial charge in [-0.2, -0.15) is 5.10 Å². The Morgan fingerprint density at radius 2 is 1.94 bits per heavy atom. The Bertz CT molecular complexity index is 1190. The van der Waals surface area contributed by atoms with Gasteiger partial charge < -0.3 is 10.1 Å². The Morgan fingerprint density at radius 1 is 1.06 bits per heavy atom. The number of rotatable bonds is 6. The lowest BCUT2D eigenvalue weighted by atomic mass is 10.1. The second-order valence-corrected chi connectivity index (χ2v) is 7.19. The zero-order valence-corrected chi connectivity index (χ0v) is 17.5. The minimum atomic E-state index is -0.397. The molecule has 0 saturated heterocycles. The summed E-state index contributed by atoms with van der Waals surface area (Å²) in [5.74, 6) is 0.00925. The molecule has 1 amide bonds. The number of hydrogen-bond donors (Lipinski definition) is 1. The zero-order chi connectivity index (χ0) is 21.8. The number of amides is 1. The van der Waals surface area contributed by atoms with E-state index in [-0.39, 0.29) is 11.8 Å². The summed E-state index contributed by atoms with van der Waals surface area (Å²) < 4.78 is 7.47. The number of aryl methyl sites for hydroxylation is 1. The van der Waals surface area contributed by atoms with Gasteiger partial charge in [-0.3, -0.25) is 19.4 Å². The third kappa shape index (κ3) is 4.58. The molecule has 8 heteroatoms. The van der Waals surface area contributed by atoms with Crippen LogP contribution in [0.5, 0.6) is 5.75 Å². The smallest absolute Gasteiger partial charge is 0.278 e. The van der Waals surface area contributed by atoms with Gasteiger partial charge in [-0.15, -0.1) is 0 Å². The first-order valence-electron chi connectivity index (χ1n) is 9.86. The van der Waals surface area contributed by atoms with Crippen molar-refractivity contribution in [2.75, 3.05) is 5.32 Å². The Hall–Kier alpha value is -4.07. The Kier molecular flexibility index (Phi) is 5.70. The van der Waals surface area contributed by atoms with Crippen LogP contribution in [0.3, 0.4) is 0 Å². The molecule has 0 fully saturated rings. The summed E-state index contributed by atoms with van der Waals surface area (Å²) in [5.41, 5.74) is 3.40. The maximum atomic E-state index is 13.3. The van der Waals surface area contributed by atoms with Crippen LogP contribution in [0.15, 0.2) is 67.3 Å². The molecule has 0 aliphatic heterocycles. The fourth-order valence-corrected chi connectivity index (χ4v) is 3.09. The first kappa shape index (κ1) is 20.2. The molecule has 0 saturated carbocycles.